The van der Waals surface area contributed by atoms with Crippen molar-refractivity contribution >= 4 is 12.0 Å². The van der Waals surface area contributed by atoms with Gasteiger partial charge in [-0.05, 0) is 39.5 Å². The maximum atomic E-state index is 11.7. The molecule has 0 aromatic rings. The third-order valence-electron chi connectivity index (χ3n) is 13.8. The molecule has 1 aliphatic heterocycles. The van der Waals surface area contributed by atoms with Crippen LogP contribution in [0.3, 0.4) is 0 Å². The Balaban J connectivity index is 0.00000148. The van der Waals surface area contributed by atoms with Gasteiger partial charge in [0.25, 0.3) is 0 Å². The molecule has 0 aromatic carbocycles. The van der Waals surface area contributed by atoms with Crippen LogP contribution in [0.15, 0.2) is 0 Å². The van der Waals surface area contributed by atoms with Gasteiger partial charge in [-0.3, -0.25) is 4.79 Å². The van der Waals surface area contributed by atoms with Crippen molar-refractivity contribution < 1.29 is 63.2 Å². The molecule has 0 aromatic heterocycles. The number of alkyl carbamates (subject to hydrolysis) is 1. The molecule has 0 radical (unpaired) electrons. The topological polar surface area (TPSA) is 204 Å². The number of unbranched alkanes of at least 4 members (excludes halogenated alkanes) is 32. The highest BCUT2D eigenvalue weighted by molar-refractivity contribution is 5.75. The van der Waals surface area contributed by atoms with E-state index in [2.05, 4.69) is 31.4 Å². The number of carbonyl (C=O) groups is 2. The summed E-state index contributed by atoms with van der Waals surface area (Å²) in [6.07, 6.45) is 41.4. The van der Waals surface area contributed by atoms with Crippen molar-refractivity contribution in [3.8, 4) is 0 Å². The third-order valence-corrected chi connectivity index (χ3v) is 13.8. The van der Waals surface area contributed by atoms with Crippen molar-refractivity contribution in [2.75, 3.05) is 79.2 Å². The summed E-state index contributed by atoms with van der Waals surface area (Å²) in [4.78, 5) is 22.8. The second-order valence-corrected chi connectivity index (χ2v) is 21.0. The van der Waals surface area contributed by atoms with Crippen molar-refractivity contribution in [1.82, 2.24) is 10.6 Å². The first-order chi connectivity index (χ1) is 36.7. The average Bonchev–Trinajstić information content (AvgIpc) is 3.40. The molecule has 15 heteroatoms. The molecule has 0 aliphatic carbocycles. The molecular formula is C60H120N2O13. The van der Waals surface area contributed by atoms with Crippen LogP contribution < -0.4 is 10.6 Å². The fourth-order valence-corrected chi connectivity index (χ4v) is 9.05. The van der Waals surface area contributed by atoms with Crippen molar-refractivity contribution in [3.05, 3.63) is 0 Å². The summed E-state index contributed by atoms with van der Waals surface area (Å²) in [6.45, 7) is 13.0. The zero-order valence-corrected chi connectivity index (χ0v) is 48.9. The van der Waals surface area contributed by atoms with Gasteiger partial charge >= 0.3 is 6.09 Å². The maximum absolute atomic E-state index is 11.7. The van der Waals surface area contributed by atoms with E-state index in [0.29, 0.717) is 45.9 Å². The SMILES string of the molecule is CCCCCCCCCCCCCCCCCCOC[C@@H](C)OCCCCCCCCCCCCCCCCCC.CCOC(=O)NCCCCCC(=O)NCCOCCOCCO[C@H]1OC(CO)[C@@H](O)[C@H](O)C1O. The predicted molar refractivity (Wildman–Crippen MR) is 303 cm³/mol. The number of hydrogen-bond acceptors (Lipinski definition) is 13. The van der Waals surface area contributed by atoms with Crippen molar-refractivity contribution in [3.63, 3.8) is 0 Å². The van der Waals surface area contributed by atoms with Crippen molar-refractivity contribution in [2.45, 2.75) is 296 Å². The second-order valence-electron chi connectivity index (χ2n) is 21.0. The number of rotatable bonds is 55. The molecule has 0 spiro atoms. The number of hydrogen-bond donors (Lipinski definition) is 6. The van der Waals surface area contributed by atoms with E-state index < -0.39 is 43.4 Å². The van der Waals surface area contributed by atoms with Gasteiger partial charge in [-0.25, -0.2) is 4.79 Å². The number of nitrogens with one attached hydrogen (secondary N) is 2. The summed E-state index contributed by atoms with van der Waals surface area (Å²) in [6, 6.07) is 0. The molecule has 6 N–H and O–H groups in total. The fourth-order valence-electron chi connectivity index (χ4n) is 9.05. The summed E-state index contributed by atoms with van der Waals surface area (Å²) in [5, 5.41) is 43.8. The first-order valence-electron chi connectivity index (χ1n) is 31.2. The lowest BCUT2D eigenvalue weighted by molar-refractivity contribution is -0.302. The molecule has 0 saturated carbocycles. The van der Waals surface area contributed by atoms with Crippen LogP contribution in [-0.2, 0) is 38.0 Å². The van der Waals surface area contributed by atoms with Gasteiger partial charge in [-0.15, -0.1) is 0 Å². The largest absolute Gasteiger partial charge is 0.450 e. The number of aliphatic hydroxyl groups excluding tert-OH is 4. The van der Waals surface area contributed by atoms with Gasteiger partial charge in [0.15, 0.2) is 6.29 Å². The average molecular weight is 1080 g/mol. The number of carbonyl (C=O) groups excluding carboxylic acids is 2. The molecule has 1 saturated heterocycles. The van der Waals surface area contributed by atoms with Crippen LogP contribution in [-0.4, -0.2) is 148 Å². The first-order valence-corrected chi connectivity index (χ1v) is 31.2. The van der Waals surface area contributed by atoms with Gasteiger partial charge in [0.1, 0.15) is 24.4 Å². The van der Waals surface area contributed by atoms with Crippen molar-refractivity contribution in [1.29, 1.82) is 0 Å². The molecule has 2 unspecified atom stereocenters. The van der Waals surface area contributed by atoms with E-state index in [1.54, 1.807) is 6.92 Å². The zero-order chi connectivity index (χ0) is 54.9. The standard InChI is InChI=1S/C39H80O2.C21H40N2O11/c1-4-6-8-10-12-14-16-18-20-22-24-26-28-30-32-34-36-40-38-39(3)41-37-35-33-31-29-27-25-23-21-19-17-15-13-11-9-7-5-2;1-2-32-21(29)23-7-5-3-4-6-16(25)22-8-9-30-10-11-31-12-13-33-20-19(28)18(27)17(26)15(14-24)34-20/h39H,4-38H2,1-3H3;15,17-20,24,26-28H,2-14H2,1H3,(H,22,25)(H,23,29)/t39-;15?,17-,18+,19?,20+/m11/s1. The number of amides is 2. The smallest absolute Gasteiger partial charge is 0.407 e. The minimum Gasteiger partial charge on any atom is -0.450 e. The van der Waals surface area contributed by atoms with Gasteiger partial charge in [0.2, 0.25) is 5.91 Å². The lowest BCUT2D eigenvalue weighted by Crippen LogP contribution is -2.59. The lowest BCUT2D eigenvalue weighted by Gasteiger charge is -2.39. The van der Waals surface area contributed by atoms with Crippen LogP contribution in [0.1, 0.15) is 259 Å². The Morgan fingerprint density at radius 1 is 0.467 bits per heavy atom. The summed E-state index contributed by atoms with van der Waals surface area (Å²) in [7, 11) is 0. The quantitative estimate of drug-likeness (QED) is 0.0314. The van der Waals surface area contributed by atoms with Gasteiger partial charge < -0.3 is 64.2 Å². The van der Waals surface area contributed by atoms with Crippen LogP contribution in [0.2, 0.25) is 0 Å². The Labute approximate surface area is 459 Å². The molecule has 0 bridgehead atoms. The first kappa shape index (κ1) is 73.3. The van der Waals surface area contributed by atoms with E-state index in [-0.39, 0.29) is 25.2 Å². The lowest BCUT2D eigenvalue weighted by atomic mass is 9.99. The molecule has 2 amide bonds. The number of ether oxygens (including phenoxy) is 7. The second kappa shape index (κ2) is 58.5. The Hall–Kier alpha value is -1.66. The summed E-state index contributed by atoms with van der Waals surface area (Å²) >= 11 is 0. The van der Waals surface area contributed by atoms with Crippen LogP contribution >= 0.6 is 0 Å². The van der Waals surface area contributed by atoms with E-state index in [0.717, 1.165) is 39.1 Å². The Kier molecular flexibility index (Phi) is 57.2. The van der Waals surface area contributed by atoms with Crippen LogP contribution in [0.4, 0.5) is 4.79 Å². The fraction of sp³-hybridized carbons (Fsp3) is 0.967. The van der Waals surface area contributed by atoms with E-state index in [1.807, 2.05) is 0 Å². The van der Waals surface area contributed by atoms with Crippen LogP contribution in [0.25, 0.3) is 0 Å². The Bertz CT molecular complexity index is 1170. The monoisotopic (exact) mass is 1080 g/mol. The molecular weight excluding hydrogens is 957 g/mol. The highest BCUT2D eigenvalue weighted by Gasteiger charge is 2.44. The zero-order valence-electron chi connectivity index (χ0n) is 48.9. The normalized spacial score (nSPS) is 17.9. The molecule has 1 heterocycles. The van der Waals surface area contributed by atoms with E-state index >= 15 is 0 Å². The molecule has 15 nitrogen and oxygen atoms in total. The van der Waals surface area contributed by atoms with Crippen molar-refractivity contribution in [2.24, 2.45) is 0 Å². The van der Waals surface area contributed by atoms with Gasteiger partial charge in [0.05, 0.1) is 59.0 Å². The number of aliphatic hydroxyl groups is 4. The molecule has 6 atom stereocenters. The molecule has 1 fully saturated rings. The van der Waals surface area contributed by atoms with E-state index in [1.165, 1.54) is 205 Å². The summed E-state index contributed by atoms with van der Waals surface area (Å²) in [5.74, 6) is -0.0523. The predicted octanol–water partition coefficient (Wildman–Crippen LogP) is 12.2. The van der Waals surface area contributed by atoms with Gasteiger partial charge in [0, 0.05) is 32.7 Å². The minimum atomic E-state index is -1.48. The molecule has 75 heavy (non-hydrogen) atoms. The van der Waals surface area contributed by atoms with Gasteiger partial charge in [-0.2, -0.15) is 0 Å². The molecule has 1 rings (SSSR count). The van der Waals surface area contributed by atoms with Crippen LogP contribution in [0, 0.1) is 0 Å². The Morgan fingerprint density at radius 3 is 1.39 bits per heavy atom. The van der Waals surface area contributed by atoms with Crippen LogP contribution in [0.5, 0.6) is 0 Å². The minimum absolute atomic E-state index is 0.0523. The molecule has 448 valence electrons. The summed E-state index contributed by atoms with van der Waals surface area (Å²) < 4.78 is 37.8. The van der Waals surface area contributed by atoms with E-state index in [9.17, 15) is 24.9 Å². The molecule has 1 aliphatic rings. The Morgan fingerprint density at radius 2 is 0.907 bits per heavy atom. The maximum Gasteiger partial charge on any atom is 0.407 e. The van der Waals surface area contributed by atoms with Gasteiger partial charge in [-0.1, -0.05) is 213 Å². The highest BCUT2D eigenvalue weighted by atomic mass is 16.7. The summed E-state index contributed by atoms with van der Waals surface area (Å²) in [5.41, 5.74) is 0. The third kappa shape index (κ3) is 50.3. The highest BCUT2D eigenvalue weighted by Crippen LogP contribution is 2.22. The van der Waals surface area contributed by atoms with E-state index in [4.69, 9.17) is 38.3 Å².